The van der Waals surface area contributed by atoms with E-state index < -0.39 is 23.9 Å². The molecule has 3 rings (SSSR count). The summed E-state index contributed by atoms with van der Waals surface area (Å²) in [5.41, 5.74) is 1.75. The molecule has 26 heavy (non-hydrogen) atoms. The van der Waals surface area contributed by atoms with Crippen molar-refractivity contribution >= 4 is 17.8 Å². The fraction of sp³-hybridized carbons (Fsp3) is 0.250. The summed E-state index contributed by atoms with van der Waals surface area (Å²) in [4.78, 5) is 39.1. The number of hydrogen-bond acceptors (Lipinski definition) is 4. The number of nitrogens with zero attached hydrogens (tertiary/aromatic N) is 2. The van der Waals surface area contributed by atoms with Gasteiger partial charge in [0.25, 0.3) is 0 Å². The van der Waals surface area contributed by atoms with Gasteiger partial charge in [0.15, 0.2) is 0 Å². The summed E-state index contributed by atoms with van der Waals surface area (Å²) in [7, 11) is 0. The Morgan fingerprint density at radius 3 is 2.27 bits per heavy atom. The molecule has 1 heterocycles. The molecule has 1 fully saturated rings. The lowest BCUT2D eigenvalue weighted by atomic mass is 10.1. The fourth-order valence-corrected chi connectivity index (χ4v) is 2.91. The van der Waals surface area contributed by atoms with Crippen LogP contribution < -0.4 is 4.74 Å². The van der Waals surface area contributed by atoms with E-state index in [1.54, 1.807) is 6.92 Å². The Morgan fingerprint density at radius 2 is 1.58 bits per heavy atom. The minimum absolute atomic E-state index is 0.0236. The van der Waals surface area contributed by atoms with Gasteiger partial charge in [0.2, 0.25) is 0 Å². The molecule has 4 amide bonds. The zero-order valence-electron chi connectivity index (χ0n) is 14.7. The summed E-state index contributed by atoms with van der Waals surface area (Å²) in [6.07, 6.45) is 0. The van der Waals surface area contributed by atoms with Crippen LogP contribution in [0.3, 0.4) is 0 Å². The number of urea groups is 1. The van der Waals surface area contributed by atoms with Crippen LogP contribution in [-0.2, 0) is 9.59 Å². The second kappa shape index (κ2) is 7.39. The van der Waals surface area contributed by atoms with Crippen molar-refractivity contribution < 1.29 is 19.1 Å². The molecule has 1 aliphatic heterocycles. The monoisotopic (exact) mass is 352 g/mol. The van der Waals surface area contributed by atoms with Crippen molar-refractivity contribution in [3.05, 3.63) is 65.7 Å². The summed E-state index contributed by atoms with van der Waals surface area (Å²) in [6.45, 7) is 3.79. The minimum atomic E-state index is -0.814. The Balaban J connectivity index is 1.68. The quantitative estimate of drug-likeness (QED) is 0.592. The molecule has 0 spiro atoms. The lowest BCUT2D eigenvalue weighted by molar-refractivity contribution is -0.144. The second-order valence-electron chi connectivity index (χ2n) is 6.12. The Morgan fingerprint density at radius 1 is 0.923 bits per heavy atom. The van der Waals surface area contributed by atoms with Crippen molar-refractivity contribution in [3.8, 4) is 5.75 Å². The first-order chi connectivity index (χ1) is 12.5. The number of hydrogen-bond donors (Lipinski definition) is 0. The molecule has 1 saturated heterocycles. The van der Waals surface area contributed by atoms with Crippen LogP contribution in [0.5, 0.6) is 5.75 Å². The summed E-state index contributed by atoms with van der Waals surface area (Å²) < 4.78 is 5.64. The highest BCUT2D eigenvalue weighted by Gasteiger charge is 2.46. The van der Waals surface area contributed by atoms with Crippen LogP contribution in [0.4, 0.5) is 4.79 Å². The molecule has 0 bridgehead atoms. The first-order valence-electron chi connectivity index (χ1n) is 8.43. The number of amides is 4. The van der Waals surface area contributed by atoms with Crippen molar-refractivity contribution in [3.63, 3.8) is 0 Å². The highest BCUT2D eigenvalue weighted by Crippen LogP contribution is 2.26. The van der Waals surface area contributed by atoms with E-state index in [0.717, 1.165) is 20.9 Å². The maximum absolute atomic E-state index is 12.6. The normalized spacial score (nSPS) is 15.5. The lowest BCUT2D eigenvalue weighted by Crippen LogP contribution is -2.37. The SMILES string of the molecule is Cc1ccccc1OCCN1C(=O)C(=O)N(C(C)c2ccccc2)C1=O. The van der Waals surface area contributed by atoms with E-state index in [2.05, 4.69) is 0 Å². The fourth-order valence-electron chi connectivity index (χ4n) is 2.91. The van der Waals surface area contributed by atoms with E-state index >= 15 is 0 Å². The summed E-state index contributed by atoms with van der Waals surface area (Å²) in [5.74, 6) is -0.930. The van der Waals surface area contributed by atoms with Crippen LogP contribution in [0.1, 0.15) is 24.1 Å². The standard InChI is InChI=1S/C20H20N2O4/c1-14-8-6-7-11-17(14)26-13-12-21-18(23)19(24)22(20(21)25)15(2)16-9-4-3-5-10-16/h3-11,15H,12-13H2,1-2H3. The van der Waals surface area contributed by atoms with Gasteiger partial charge in [-0.15, -0.1) is 0 Å². The molecular formula is C20H20N2O4. The molecule has 6 nitrogen and oxygen atoms in total. The van der Waals surface area contributed by atoms with Crippen molar-refractivity contribution in [1.82, 2.24) is 9.80 Å². The Kier molecular flexibility index (Phi) is 5.02. The predicted molar refractivity (Wildman–Crippen MR) is 95.5 cm³/mol. The molecule has 6 heteroatoms. The molecule has 1 atom stereocenters. The van der Waals surface area contributed by atoms with Crippen LogP contribution in [0.15, 0.2) is 54.6 Å². The Hall–Kier alpha value is -3.15. The Labute approximate surface area is 152 Å². The molecule has 0 aromatic heterocycles. The van der Waals surface area contributed by atoms with Gasteiger partial charge in [-0.05, 0) is 31.0 Å². The van der Waals surface area contributed by atoms with Gasteiger partial charge in [-0.1, -0.05) is 48.5 Å². The predicted octanol–water partition coefficient (Wildman–Crippen LogP) is 2.93. The molecule has 0 aliphatic carbocycles. The van der Waals surface area contributed by atoms with Crippen LogP contribution in [0, 0.1) is 6.92 Å². The molecule has 1 unspecified atom stereocenters. The van der Waals surface area contributed by atoms with E-state index in [-0.39, 0.29) is 13.2 Å². The number of carbonyl (C=O) groups excluding carboxylic acids is 3. The zero-order chi connectivity index (χ0) is 18.7. The minimum Gasteiger partial charge on any atom is -0.491 e. The smallest absolute Gasteiger partial charge is 0.334 e. The van der Waals surface area contributed by atoms with Crippen LogP contribution in [-0.4, -0.2) is 40.8 Å². The van der Waals surface area contributed by atoms with E-state index in [9.17, 15) is 14.4 Å². The van der Waals surface area contributed by atoms with Crippen LogP contribution in [0.2, 0.25) is 0 Å². The van der Waals surface area contributed by atoms with Crippen LogP contribution >= 0.6 is 0 Å². The van der Waals surface area contributed by atoms with Gasteiger partial charge >= 0.3 is 17.8 Å². The lowest BCUT2D eigenvalue weighted by Gasteiger charge is -2.22. The molecule has 134 valence electrons. The highest BCUT2D eigenvalue weighted by molar-refractivity contribution is 6.44. The zero-order valence-corrected chi connectivity index (χ0v) is 14.7. The summed E-state index contributed by atoms with van der Waals surface area (Å²) >= 11 is 0. The maximum atomic E-state index is 12.6. The molecule has 0 saturated carbocycles. The van der Waals surface area contributed by atoms with E-state index in [4.69, 9.17) is 4.74 Å². The van der Waals surface area contributed by atoms with Crippen molar-refractivity contribution in [2.45, 2.75) is 19.9 Å². The second-order valence-corrected chi connectivity index (χ2v) is 6.12. The van der Waals surface area contributed by atoms with Gasteiger partial charge in [0, 0.05) is 0 Å². The third-order valence-corrected chi connectivity index (χ3v) is 4.42. The highest BCUT2D eigenvalue weighted by atomic mass is 16.5. The molecule has 1 aliphatic rings. The van der Waals surface area contributed by atoms with Crippen molar-refractivity contribution in [2.24, 2.45) is 0 Å². The van der Waals surface area contributed by atoms with Crippen molar-refractivity contribution in [1.29, 1.82) is 0 Å². The average Bonchev–Trinajstić information content (AvgIpc) is 2.86. The van der Waals surface area contributed by atoms with Gasteiger partial charge in [0.1, 0.15) is 12.4 Å². The largest absolute Gasteiger partial charge is 0.491 e. The summed E-state index contributed by atoms with van der Waals surface area (Å²) in [6, 6.07) is 15.5. The van der Waals surface area contributed by atoms with Gasteiger partial charge in [0.05, 0.1) is 12.6 Å². The van der Waals surface area contributed by atoms with Gasteiger partial charge in [-0.2, -0.15) is 0 Å². The van der Waals surface area contributed by atoms with Gasteiger partial charge in [-0.25, -0.2) is 9.69 Å². The van der Waals surface area contributed by atoms with E-state index in [0.29, 0.717) is 5.75 Å². The number of carbonyl (C=O) groups is 3. The first-order valence-corrected chi connectivity index (χ1v) is 8.43. The number of rotatable bonds is 6. The molecule has 2 aromatic carbocycles. The average molecular weight is 352 g/mol. The number of ether oxygens (including phenoxy) is 1. The summed E-state index contributed by atoms with van der Waals surface area (Å²) in [5, 5.41) is 0. The van der Waals surface area contributed by atoms with Gasteiger partial charge < -0.3 is 4.74 Å². The number of benzene rings is 2. The number of para-hydroxylation sites is 1. The maximum Gasteiger partial charge on any atom is 0.334 e. The molecule has 0 N–H and O–H groups in total. The van der Waals surface area contributed by atoms with E-state index in [1.165, 1.54) is 0 Å². The molecular weight excluding hydrogens is 332 g/mol. The molecule has 0 radical (unpaired) electrons. The van der Waals surface area contributed by atoms with Gasteiger partial charge in [-0.3, -0.25) is 14.5 Å². The topological polar surface area (TPSA) is 66.9 Å². The Bertz CT molecular complexity index is 835. The number of aryl methyl sites for hydroxylation is 1. The third kappa shape index (κ3) is 3.31. The number of imide groups is 2. The van der Waals surface area contributed by atoms with Crippen molar-refractivity contribution in [2.75, 3.05) is 13.2 Å². The third-order valence-electron chi connectivity index (χ3n) is 4.42. The van der Waals surface area contributed by atoms with E-state index in [1.807, 2.05) is 61.5 Å². The molecule has 2 aromatic rings. The van der Waals surface area contributed by atoms with Crippen LogP contribution in [0.25, 0.3) is 0 Å². The first kappa shape index (κ1) is 17.7.